The predicted molar refractivity (Wildman–Crippen MR) is 46.5 cm³/mol. The van der Waals surface area contributed by atoms with Crippen LogP contribution in [0.25, 0.3) is 0 Å². The Bertz CT molecular complexity index is 326. The van der Waals surface area contributed by atoms with Gasteiger partial charge in [0.15, 0.2) is 6.04 Å². The van der Waals surface area contributed by atoms with Crippen molar-refractivity contribution in [3.8, 4) is 18.4 Å². The maximum Gasteiger partial charge on any atom is 0.217 e. The third-order valence-electron chi connectivity index (χ3n) is 1.58. The quantitative estimate of drug-likeness (QED) is 0.544. The number of nitriles is 1. The molecule has 4 heteroatoms. The van der Waals surface area contributed by atoms with Gasteiger partial charge in [0, 0.05) is 0 Å². The molecule has 0 bridgehead atoms. The number of nitrogens with zero attached hydrogens (tertiary/aromatic N) is 3. The molecule has 1 heterocycles. The molecule has 0 spiro atoms. The summed E-state index contributed by atoms with van der Waals surface area (Å²) in [5.41, 5.74) is 5.91. The van der Waals surface area contributed by atoms with E-state index >= 15 is 0 Å². The summed E-state index contributed by atoms with van der Waals surface area (Å²) < 4.78 is 0. The van der Waals surface area contributed by atoms with Gasteiger partial charge in [-0.05, 0) is 6.92 Å². The first-order chi connectivity index (χ1) is 5.69. The van der Waals surface area contributed by atoms with Gasteiger partial charge in [-0.2, -0.15) is 5.26 Å². The second-order valence-corrected chi connectivity index (χ2v) is 2.44. The molecule has 1 unspecified atom stereocenters. The number of nitrogens with two attached hydrogens (primary N) is 1. The minimum Gasteiger partial charge on any atom is -0.368 e. The Morgan fingerprint density at radius 3 is 2.92 bits per heavy atom. The average Bonchev–Trinajstić information content (AvgIpc) is 2.45. The van der Waals surface area contributed by atoms with Crippen LogP contribution < -0.4 is 5.73 Å². The first kappa shape index (κ1) is 8.29. The molecule has 0 aromatic rings. The van der Waals surface area contributed by atoms with Crippen molar-refractivity contribution < 1.29 is 0 Å². The molecule has 0 saturated carbocycles. The third-order valence-corrected chi connectivity index (χ3v) is 1.58. The van der Waals surface area contributed by atoms with E-state index in [1.807, 2.05) is 6.07 Å². The molecule has 0 saturated heterocycles. The molecule has 2 N–H and O–H groups in total. The van der Waals surface area contributed by atoms with Crippen LogP contribution in [-0.2, 0) is 0 Å². The summed E-state index contributed by atoms with van der Waals surface area (Å²) in [6.07, 6.45) is 5.18. The normalized spacial score (nSPS) is 23.4. The Morgan fingerprint density at radius 1 is 1.75 bits per heavy atom. The lowest BCUT2D eigenvalue weighted by atomic mass is 10.0. The van der Waals surface area contributed by atoms with Gasteiger partial charge < -0.3 is 5.73 Å². The highest BCUT2D eigenvalue weighted by Gasteiger charge is 2.24. The zero-order chi connectivity index (χ0) is 9.14. The number of aliphatic imine (C=N–C) groups is 2. The van der Waals surface area contributed by atoms with Gasteiger partial charge in [-0.25, -0.2) is 9.98 Å². The van der Waals surface area contributed by atoms with Gasteiger partial charge in [-0.1, -0.05) is 5.92 Å². The van der Waals surface area contributed by atoms with Crippen LogP contribution in [0.1, 0.15) is 6.92 Å². The maximum absolute atomic E-state index is 8.60. The van der Waals surface area contributed by atoms with E-state index in [9.17, 15) is 0 Å². The lowest BCUT2D eigenvalue weighted by molar-refractivity contribution is 0.959. The van der Waals surface area contributed by atoms with Crippen LogP contribution in [0.4, 0.5) is 0 Å². The highest BCUT2D eigenvalue weighted by atomic mass is 15.1. The summed E-state index contributed by atoms with van der Waals surface area (Å²) in [5.74, 6) is 2.25. The van der Waals surface area contributed by atoms with E-state index < -0.39 is 6.04 Å². The maximum atomic E-state index is 8.60. The van der Waals surface area contributed by atoms with Crippen molar-refractivity contribution >= 4 is 11.7 Å². The topological polar surface area (TPSA) is 74.5 Å². The smallest absolute Gasteiger partial charge is 0.217 e. The van der Waals surface area contributed by atoms with Crippen LogP contribution in [0.15, 0.2) is 9.98 Å². The van der Waals surface area contributed by atoms with Crippen molar-refractivity contribution in [1.82, 2.24) is 0 Å². The van der Waals surface area contributed by atoms with E-state index in [1.54, 1.807) is 6.92 Å². The molecule has 2 atom stereocenters. The van der Waals surface area contributed by atoms with Gasteiger partial charge in [-0.15, -0.1) is 6.42 Å². The van der Waals surface area contributed by atoms with E-state index in [2.05, 4.69) is 15.9 Å². The van der Waals surface area contributed by atoms with E-state index in [0.29, 0.717) is 5.71 Å². The highest BCUT2D eigenvalue weighted by Crippen LogP contribution is 2.10. The molecule has 1 aliphatic heterocycles. The molecule has 0 aliphatic carbocycles. The summed E-state index contributed by atoms with van der Waals surface area (Å²) in [4.78, 5) is 7.75. The molecule has 60 valence electrons. The Balaban J connectivity index is 2.91. The summed E-state index contributed by atoms with van der Waals surface area (Å²) >= 11 is 0. The van der Waals surface area contributed by atoms with Crippen molar-refractivity contribution in [2.75, 3.05) is 0 Å². The predicted octanol–water partition coefficient (Wildman–Crippen LogP) is -0.0828. The van der Waals surface area contributed by atoms with Crippen molar-refractivity contribution in [2.45, 2.75) is 13.0 Å². The van der Waals surface area contributed by atoms with E-state index in [1.165, 1.54) is 0 Å². The monoisotopic (exact) mass is 160 g/mol. The highest BCUT2D eigenvalue weighted by molar-refractivity contribution is 6.08. The fourth-order valence-corrected chi connectivity index (χ4v) is 0.943. The lowest BCUT2D eigenvalue weighted by Gasteiger charge is -2.04. The molecule has 12 heavy (non-hydrogen) atoms. The number of guanidine groups is 1. The van der Waals surface area contributed by atoms with Crippen molar-refractivity contribution in [3.63, 3.8) is 0 Å². The van der Waals surface area contributed by atoms with Crippen LogP contribution in [0.3, 0.4) is 0 Å². The first-order valence-corrected chi connectivity index (χ1v) is 3.46. The van der Waals surface area contributed by atoms with Gasteiger partial charge in [0.25, 0.3) is 0 Å². The molecule has 0 amide bonds. The Morgan fingerprint density at radius 2 is 2.42 bits per heavy atom. The second kappa shape index (κ2) is 3.06. The van der Waals surface area contributed by atoms with Gasteiger partial charge in [-0.3, -0.25) is 0 Å². The minimum atomic E-state index is -0.445. The van der Waals surface area contributed by atoms with Crippen molar-refractivity contribution in [3.05, 3.63) is 0 Å². The van der Waals surface area contributed by atoms with Gasteiger partial charge in [0.05, 0.1) is 17.7 Å². The Labute approximate surface area is 70.8 Å². The molecule has 0 radical (unpaired) electrons. The molecule has 0 aromatic carbocycles. The van der Waals surface area contributed by atoms with Gasteiger partial charge in [0.1, 0.15) is 0 Å². The second-order valence-electron chi connectivity index (χ2n) is 2.44. The molecule has 1 rings (SSSR count). The van der Waals surface area contributed by atoms with E-state index in [4.69, 9.17) is 17.4 Å². The third kappa shape index (κ3) is 1.28. The summed E-state index contributed by atoms with van der Waals surface area (Å²) in [6, 6.07) is 1.59. The van der Waals surface area contributed by atoms with Gasteiger partial charge >= 0.3 is 0 Å². The van der Waals surface area contributed by atoms with Crippen molar-refractivity contribution in [1.29, 1.82) is 5.26 Å². The standard InChI is InChI=1S/C8H8N4/c1-3-6-7(5(2)4-9)12-8(10)11-6/h1,5-6H,2H3,(H2,10,11)/t5-,6?/m1/s1. The summed E-state index contributed by atoms with van der Waals surface area (Å²) in [6.45, 7) is 1.72. The van der Waals surface area contributed by atoms with Gasteiger partial charge in [0.2, 0.25) is 5.96 Å². The molecule has 1 aliphatic rings. The zero-order valence-corrected chi connectivity index (χ0v) is 6.65. The van der Waals surface area contributed by atoms with E-state index in [-0.39, 0.29) is 11.9 Å². The summed E-state index contributed by atoms with van der Waals surface area (Å²) in [5, 5.41) is 8.60. The van der Waals surface area contributed by atoms with Crippen LogP contribution >= 0.6 is 0 Å². The number of hydrogen-bond acceptors (Lipinski definition) is 4. The average molecular weight is 160 g/mol. The van der Waals surface area contributed by atoms with Crippen LogP contribution in [0, 0.1) is 29.6 Å². The Hall–Kier alpha value is -1.81. The fraction of sp³-hybridized carbons (Fsp3) is 0.375. The molecular formula is C8H8N4. The first-order valence-electron chi connectivity index (χ1n) is 3.46. The van der Waals surface area contributed by atoms with Crippen LogP contribution in [0.5, 0.6) is 0 Å². The largest absolute Gasteiger partial charge is 0.368 e. The summed E-state index contributed by atoms with van der Waals surface area (Å²) in [7, 11) is 0. The molecule has 0 fully saturated rings. The number of hydrogen-bond donors (Lipinski definition) is 1. The van der Waals surface area contributed by atoms with Crippen LogP contribution in [-0.4, -0.2) is 17.7 Å². The SMILES string of the molecule is C#CC1N=C(N)N=C1[C@H](C)C#N. The molecule has 0 aromatic heterocycles. The molecular weight excluding hydrogens is 152 g/mol. The van der Waals surface area contributed by atoms with Crippen LogP contribution in [0.2, 0.25) is 0 Å². The zero-order valence-electron chi connectivity index (χ0n) is 6.65. The minimum absolute atomic E-state index is 0.162. The number of terminal acetylenes is 1. The fourth-order valence-electron chi connectivity index (χ4n) is 0.943. The number of rotatable bonds is 1. The van der Waals surface area contributed by atoms with E-state index in [0.717, 1.165) is 0 Å². The lowest BCUT2D eigenvalue weighted by Crippen LogP contribution is -2.19. The Kier molecular flexibility index (Phi) is 2.11. The molecule has 4 nitrogen and oxygen atoms in total. The van der Waals surface area contributed by atoms with Crippen molar-refractivity contribution in [2.24, 2.45) is 21.6 Å².